The van der Waals surface area contributed by atoms with Gasteiger partial charge < -0.3 is 5.32 Å². The maximum absolute atomic E-state index is 11.5. The van der Waals surface area contributed by atoms with Crippen LogP contribution in [0.15, 0.2) is 24.3 Å². The van der Waals surface area contributed by atoms with E-state index in [0.717, 1.165) is 17.9 Å². The molecular formula is C15H24N2O2S2. The third-order valence-electron chi connectivity index (χ3n) is 3.52. The summed E-state index contributed by atoms with van der Waals surface area (Å²) in [5, 5.41) is 3.54. The van der Waals surface area contributed by atoms with Crippen molar-refractivity contribution in [3.8, 4) is 0 Å². The van der Waals surface area contributed by atoms with Gasteiger partial charge in [0.05, 0.1) is 5.75 Å². The molecule has 1 atom stereocenters. The van der Waals surface area contributed by atoms with Crippen LogP contribution in [0.5, 0.6) is 0 Å². The van der Waals surface area contributed by atoms with Crippen molar-refractivity contribution in [2.45, 2.75) is 33.2 Å². The lowest BCUT2D eigenvalue weighted by Crippen LogP contribution is -2.35. The van der Waals surface area contributed by atoms with Crippen molar-refractivity contribution >= 4 is 33.2 Å². The van der Waals surface area contributed by atoms with Gasteiger partial charge in [0.2, 0.25) is 10.0 Å². The molecule has 2 rings (SSSR count). The lowest BCUT2D eigenvalue weighted by molar-refractivity contribution is 0.358. The molecule has 1 unspecified atom stereocenters. The van der Waals surface area contributed by atoms with E-state index in [0.29, 0.717) is 17.1 Å². The van der Waals surface area contributed by atoms with E-state index in [2.05, 4.69) is 23.9 Å². The van der Waals surface area contributed by atoms with E-state index < -0.39 is 10.0 Å². The van der Waals surface area contributed by atoms with Gasteiger partial charge in [-0.1, -0.05) is 13.8 Å². The van der Waals surface area contributed by atoms with Gasteiger partial charge in [0.15, 0.2) is 0 Å². The Balaban J connectivity index is 1.96. The van der Waals surface area contributed by atoms with Crippen LogP contribution in [0, 0.1) is 5.41 Å². The molecule has 118 valence electrons. The summed E-state index contributed by atoms with van der Waals surface area (Å²) in [7, 11) is -3.20. The number of benzene rings is 1. The minimum absolute atomic E-state index is 0.0847. The Morgan fingerprint density at radius 2 is 1.86 bits per heavy atom. The molecule has 1 aliphatic heterocycles. The zero-order valence-corrected chi connectivity index (χ0v) is 14.5. The molecule has 6 heteroatoms. The number of nitrogens with one attached hydrogen (secondary N) is 2. The highest BCUT2D eigenvalue weighted by molar-refractivity contribution is 7.99. The second-order valence-electron chi connectivity index (χ2n) is 6.31. The average Bonchev–Trinajstić information content (AvgIpc) is 2.40. The minimum Gasteiger partial charge on any atom is -0.381 e. The first kappa shape index (κ1) is 16.5. The molecule has 1 heterocycles. The number of sulfonamides is 1. The maximum Gasteiger partial charge on any atom is 0.232 e. The number of rotatable bonds is 5. The molecule has 0 aromatic heterocycles. The molecule has 0 bridgehead atoms. The Bertz CT molecular complexity index is 568. The Morgan fingerprint density at radius 3 is 2.43 bits per heavy atom. The SMILES string of the molecule is CCS(=O)(=O)Nc1ccc(NC2CSCC(C)(C)C2)cc1. The van der Waals surface area contributed by atoms with Crippen LogP contribution < -0.4 is 10.0 Å². The number of anilines is 2. The fourth-order valence-corrected chi connectivity index (χ4v) is 4.39. The quantitative estimate of drug-likeness (QED) is 0.870. The molecule has 1 aliphatic rings. The van der Waals surface area contributed by atoms with Crippen LogP contribution in [-0.2, 0) is 10.0 Å². The molecule has 0 radical (unpaired) electrons. The van der Waals surface area contributed by atoms with Crippen molar-refractivity contribution in [1.29, 1.82) is 0 Å². The summed E-state index contributed by atoms with van der Waals surface area (Å²) in [5.41, 5.74) is 2.02. The highest BCUT2D eigenvalue weighted by atomic mass is 32.2. The molecular weight excluding hydrogens is 304 g/mol. The molecule has 21 heavy (non-hydrogen) atoms. The van der Waals surface area contributed by atoms with Crippen LogP contribution in [-0.4, -0.2) is 31.7 Å². The van der Waals surface area contributed by atoms with Gasteiger partial charge in [-0.15, -0.1) is 0 Å². The summed E-state index contributed by atoms with van der Waals surface area (Å²) >= 11 is 1.99. The lowest BCUT2D eigenvalue weighted by atomic mass is 9.88. The van der Waals surface area contributed by atoms with Crippen molar-refractivity contribution < 1.29 is 8.42 Å². The minimum atomic E-state index is -3.20. The van der Waals surface area contributed by atoms with E-state index in [1.54, 1.807) is 19.1 Å². The number of hydrogen-bond acceptors (Lipinski definition) is 4. The lowest BCUT2D eigenvalue weighted by Gasteiger charge is -2.35. The van der Waals surface area contributed by atoms with E-state index in [-0.39, 0.29) is 5.75 Å². The third kappa shape index (κ3) is 5.11. The molecule has 1 aromatic carbocycles. The first-order chi connectivity index (χ1) is 9.80. The molecule has 0 aliphatic carbocycles. The summed E-state index contributed by atoms with van der Waals surface area (Å²) < 4.78 is 25.6. The number of hydrogen-bond donors (Lipinski definition) is 2. The van der Waals surface area contributed by atoms with E-state index in [4.69, 9.17) is 0 Å². The first-order valence-corrected chi connectivity index (χ1v) is 10.1. The fourth-order valence-electron chi connectivity index (χ4n) is 2.48. The van der Waals surface area contributed by atoms with E-state index >= 15 is 0 Å². The molecule has 0 spiro atoms. The Kier molecular flexibility index (Phi) is 5.09. The predicted molar refractivity (Wildman–Crippen MR) is 92.7 cm³/mol. The van der Waals surface area contributed by atoms with Gasteiger partial charge >= 0.3 is 0 Å². The van der Waals surface area contributed by atoms with Crippen LogP contribution >= 0.6 is 11.8 Å². The topological polar surface area (TPSA) is 58.2 Å². The maximum atomic E-state index is 11.5. The standard InChI is InChI=1S/C15H24N2O2S2/c1-4-21(18,19)17-13-7-5-12(6-8-13)16-14-9-15(2,3)11-20-10-14/h5-8,14,16-17H,4,9-11H2,1-3H3. The Morgan fingerprint density at radius 1 is 1.24 bits per heavy atom. The van der Waals surface area contributed by atoms with Gasteiger partial charge in [0.25, 0.3) is 0 Å². The smallest absolute Gasteiger partial charge is 0.232 e. The Hall–Kier alpha value is -0.880. The molecule has 0 saturated carbocycles. The highest BCUT2D eigenvalue weighted by Crippen LogP contribution is 2.34. The second-order valence-corrected chi connectivity index (χ2v) is 9.35. The van der Waals surface area contributed by atoms with Crippen LogP contribution in [0.1, 0.15) is 27.2 Å². The second kappa shape index (κ2) is 6.48. The van der Waals surface area contributed by atoms with Crippen molar-refractivity contribution in [1.82, 2.24) is 0 Å². The van der Waals surface area contributed by atoms with Crippen molar-refractivity contribution in [2.24, 2.45) is 5.41 Å². The van der Waals surface area contributed by atoms with E-state index in [1.807, 2.05) is 23.9 Å². The first-order valence-electron chi connectivity index (χ1n) is 7.24. The Labute approximate surface area is 132 Å². The van der Waals surface area contributed by atoms with Crippen LogP contribution in [0.3, 0.4) is 0 Å². The summed E-state index contributed by atoms with van der Waals surface area (Å²) in [4.78, 5) is 0. The van der Waals surface area contributed by atoms with Crippen LogP contribution in [0.25, 0.3) is 0 Å². The zero-order valence-electron chi connectivity index (χ0n) is 12.8. The van der Waals surface area contributed by atoms with Gasteiger partial charge in [-0.3, -0.25) is 4.72 Å². The average molecular weight is 329 g/mol. The summed E-state index contributed by atoms with van der Waals surface area (Å²) in [6.07, 6.45) is 1.16. The van der Waals surface area contributed by atoms with Crippen LogP contribution in [0.2, 0.25) is 0 Å². The van der Waals surface area contributed by atoms with Crippen LogP contribution in [0.4, 0.5) is 11.4 Å². The molecule has 2 N–H and O–H groups in total. The van der Waals surface area contributed by atoms with Crippen molar-refractivity contribution in [3.63, 3.8) is 0 Å². The van der Waals surface area contributed by atoms with Gasteiger partial charge in [-0.2, -0.15) is 11.8 Å². The monoisotopic (exact) mass is 328 g/mol. The van der Waals surface area contributed by atoms with Gasteiger partial charge in [0.1, 0.15) is 0 Å². The fraction of sp³-hybridized carbons (Fsp3) is 0.600. The normalized spacial score (nSPS) is 21.8. The van der Waals surface area contributed by atoms with E-state index in [1.165, 1.54) is 5.75 Å². The largest absolute Gasteiger partial charge is 0.381 e. The molecule has 1 aromatic rings. The third-order valence-corrected chi connectivity index (χ3v) is 6.45. The van der Waals surface area contributed by atoms with Gasteiger partial charge in [-0.25, -0.2) is 8.42 Å². The predicted octanol–water partition coefficient (Wildman–Crippen LogP) is 3.39. The van der Waals surface area contributed by atoms with Crippen molar-refractivity contribution in [2.75, 3.05) is 27.3 Å². The summed E-state index contributed by atoms with van der Waals surface area (Å²) in [6, 6.07) is 7.93. The van der Waals surface area contributed by atoms with Gasteiger partial charge in [0, 0.05) is 23.2 Å². The highest BCUT2D eigenvalue weighted by Gasteiger charge is 2.28. The molecule has 0 amide bonds. The summed E-state index contributed by atoms with van der Waals surface area (Å²) in [5.74, 6) is 2.41. The van der Waals surface area contributed by atoms with E-state index in [9.17, 15) is 8.42 Å². The molecule has 1 saturated heterocycles. The zero-order chi connectivity index (χ0) is 15.5. The summed E-state index contributed by atoms with van der Waals surface area (Å²) in [6.45, 7) is 6.23. The molecule has 1 fully saturated rings. The van der Waals surface area contributed by atoms with Gasteiger partial charge in [-0.05, 0) is 48.8 Å². The molecule has 4 nitrogen and oxygen atoms in total. The number of thioether (sulfide) groups is 1. The van der Waals surface area contributed by atoms with Crippen molar-refractivity contribution in [3.05, 3.63) is 24.3 Å².